The molecule has 1 unspecified atom stereocenters. The fourth-order valence-corrected chi connectivity index (χ4v) is 2.98. The maximum Gasteiger partial charge on any atom is 0.0674 e. The zero-order valence-electron chi connectivity index (χ0n) is 11.1. The molecule has 2 aromatic carbocycles. The summed E-state index contributed by atoms with van der Waals surface area (Å²) < 4.78 is 0. The quantitative estimate of drug-likeness (QED) is 0.780. The van der Waals surface area contributed by atoms with Crippen LogP contribution in [0.1, 0.15) is 11.1 Å². The van der Waals surface area contributed by atoms with Crippen molar-refractivity contribution in [2.24, 2.45) is 0 Å². The molecule has 1 N–H and O–H groups in total. The van der Waals surface area contributed by atoms with Crippen LogP contribution in [-0.2, 0) is 6.42 Å². The minimum absolute atomic E-state index is 0.404. The molecule has 0 fully saturated rings. The van der Waals surface area contributed by atoms with Crippen molar-refractivity contribution >= 4 is 35.0 Å². The largest absolute Gasteiger partial charge is 0.392 e. The zero-order chi connectivity index (χ0) is 14.5. The first-order chi connectivity index (χ1) is 9.54. The van der Waals surface area contributed by atoms with Crippen LogP contribution in [0.4, 0.5) is 0 Å². The van der Waals surface area contributed by atoms with Crippen LogP contribution in [0.5, 0.6) is 0 Å². The molecule has 0 aromatic heterocycles. The van der Waals surface area contributed by atoms with Gasteiger partial charge in [0.25, 0.3) is 0 Å². The molecule has 0 radical (unpaired) electrons. The molecular formula is C16H16Cl2OS. The van der Waals surface area contributed by atoms with E-state index in [0.29, 0.717) is 22.2 Å². The normalized spacial score (nSPS) is 12.4. The van der Waals surface area contributed by atoms with Gasteiger partial charge in [0.05, 0.1) is 16.1 Å². The minimum Gasteiger partial charge on any atom is -0.392 e. The maximum atomic E-state index is 10.1. The second-order valence-corrected chi connectivity index (χ2v) is 6.64. The smallest absolute Gasteiger partial charge is 0.0674 e. The third-order valence-electron chi connectivity index (χ3n) is 2.92. The number of aryl methyl sites for hydroxylation is 1. The Morgan fingerprint density at radius 1 is 1.05 bits per heavy atom. The van der Waals surface area contributed by atoms with Crippen LogP contribution in [0.3, 0.4) is 0 Å². The van der Waals surface area contributed by atoms with E-state index in [-0.39, 0.29) is 0 Å². The van der Waals surface area contributed by atoms with Crippen molar-refractivity contribution in [1.82, 2.24) is 0 Å². The summed E-state index contributed by atoms with van der Waals surface area (Å²) in [5.74, 6) is 0.656. The van der Waals surface area contributed by atoms with E-state index in [2.05, 4.69) is 31.2 Å². The van der Waals surface area contributed by atoms with Gasteiger partial charge in [0.15, 0.2) is 0 Å². The molecule has 0 heterocycles. The number of rotatable bonds is 5. The van der Waals surface area contributed by atoms with Gasteiger partial charge in [0, 0.05) is 10.6 Å². The van der Waals surface area contributed by atoms with Gasteiger partial charge in [-0.3, -0.25) is 0 Å². The zero-order valence-corrected chi connectivity index (χ0v) is 13.5. The first-order valence-corrected chi connectivity index (χ1v) is 8.10. The van der Waals surface area contributed by atoms with Crippen molar-refractivity contribution in [2.45, 2.75) is 24.3 Å². The van der Waals surface area contributed by atoms with Crippen LogP contribution in [0.2, 0.25) is 10.0 Å². The third-order valence-corrected chi connectivity index (χ3v) is 4.81. The number of halogens is 2. The lowest BCUT2D eigenvalue weighted by Gasteiger charge is -2.11. The average Bonchev–Trinajstić information content (AvgIpc) is 2.42. The van der Waals surface area contributed by atoms with E-state index in [0.717, 1.165) is 5.56 Å². The van der Waals surface area contributed by atoms with Gasteiger partial charge < -0.3 is 5.11 Å². The summed E-state index contributed by atoms with van der Waals surface area (Å²) in [4.78, 5) is 1.17. The Bertz CT molecular complexity index is 569. The molecule has 0 aliphatic carbocycles. The van der Waals surface area contributed by atoms with E-state index in [4.69, 9.17) is 23.2 Å². The van der Waals surface area contributed by atoms with E-state index >= 15 is 0 Å². The highest BCUT2D eigenvalue weighted by Gasteiger charge is 2.08. The molecule has 4 heteroatoms. The summed E-state index contributed by atoms with van der Waals surface area (Å²) in [6.45, 7) is 2.06. The lowest BCUT2D eigenvalue weighted by Crippen LogP contribution is -2.13. The van der Waals surface area contributed by atoms with E-state index in [1.165, 1.54) is 10.5 Å². The number of aliphatic hydroxyl groups is 1. The Morgan fingerprint density at radius 3 is 2.40 bits per heavy atom. The predicted octanol–water partition coefficient (Wildman–Crippen LogP) is 5.00. The Balaban J connectivity index is 1.87. The molecule has 0 bridgehead atoms. The van der Waals surface area contributed by atoms with Crippen LogP contribution in [0.15, 0.2) is 47.4 Å². The molecule has 0 spiro atoms. The predicted molar refractivity (Wildman–Crippen MR) is 88.1 cm³/mol. The number of hydrogen-bond acceptors (Lipinski definition) is 2. The highest BCUT2D eigenvalue weighted by molar-refractivity contribution is 7.99. The lowest BCUT2D eigenvalue weighted by atomic mass is 10.1. The lowest BCUT2D eigenvalue weighted by molar-refractivity contribution is 0.200. The topological polar surface area (TPSA) is 20.2 Å². The van der Waals surface area contributed by atoms with E-state index in [9.17, 15) is 5.11 Å². The fourth-order valence-electron chi connectivity index (χ4n) is 1.82. The number of benzene rings is 2. The molecule has 20 heavy (non-hydrogen) atoms. The first kappa shape index (κ1) is 15.7. The van der Waals surface area contributed by atoms with Crippen LogP contribution >= 0.6 is 35.0 Å². The Kier molecular flexibility index (Phi) is 5.79. The molecule has 0 aliphatic rings. The van der Waals surface area contributed by atoms with Crippen LogP contribution < -0.4 is 0 Å². The number of hydrogen-bond donors (Lipinski definition) is 1. The van der Waals surface area contributed by atoms with Gasteiger partial charge in [-0.05, 0) is 43.2 Å². The van der Waals surface area contributed by atoms with E-state index in [1.54, 1.807) is 17.8 Å². The third kappa shape index (κ3) is 4.71. The van der Waals surface area contributed by atoms with Crippen molar-refractivity contribution in [3.8, 4) is 0 Å². The fraction of sp³-hybridized carbons (Fsp3) is 0.250. The summed E-state index contributed by atoms with van der Waals surface area (Å²) >= 11 is 13.5. The Morgan fingerprint density at radius 2 is 1.75 bits per heavy atom. The summed E-state index contributed by atoms with van der Waals surface area (Å²) in [5.41, 5.74) is 2.24. The van der Waals surface area contributed by atoms with Gasteiger partial charge in [-0.2, -0.15) is 0 Å². The summed E-state index contributed by atoms with van der Waals surface area (Å²) in [6.07, 6.45) is 0.175. The van der Waals surface area contributed by atoms with Crippen molar-refractivity contribution in [3.63, 3.8) is 0 Å². The molecule has 2 aromatic rings. The molecule has 0 amide bonds. The minimum atomic E-state index is -0.404. The molecular weight excluding hydrogens is 311 g/mol. The van der Waals surface area contributed by atoms with Crippen LogP contribution in [0, 0.1) is 6.92 Å². The SMILES string of the molecule is Cc1ccc(SCC(O)Cc2ccc(Cl)c(Cl)c2)cc1. The molecule has 0 saturated carbocycles. The highest BCUT2D eigenvalue weighted by Crippen LogP contribution is 2.24. The molecule has 2 rings (SSSR count). The standard InChI is InChI=1S/C16H16Cl2OS/c1-11-2-5-14(6-3-11)20-10-13(19)8-12-4-7-15(17)16(18)9-12/h2-7,9,13,19H,8,10H2,1H3. The van der Waals surface area contributed by atoms with Gasteiger partial charge in [-0.1, -0.05) is 47.0 Å². The van der Waals surface area contributed by atoms with E-state index in [1.807, 2.05) is 12.1 Å². The second kappa shape index (κ2) is 7.37. The summed E-state index contributed by atoms with van der Waals surface area (Å²) in [5, 5.41) is 11.2. The average molecular weight is 327 g/mol. The monoisotopic (exact) mass is 326 g/mol. The molecule has 1 atom stereocenters. The highest BCUT2D eigenvalue weighted by atomic mass is 35.5. The van der Waals surface area contributed by atoms with Crippen LogP contribution in [-0.4, -0.2) is 17.0 Å². The van der Waals surface area contributed by atoms with E-state index < -0.39 is 6.10 Å². The molecule has 0 saturated heterocycles. The van der Waals surface area contributed by atoms with Crippen molar-refractivity contribution < 1.29 is 5.11 Å². The van der Waals surface area contributed by atoms with Crippen LogP contribution in [0.25, 0.3) is 0 Å². The maximum absolute atomic E-state index is 10.1. The number of aliphatic hydroxyl groups excluding tert-OH is 1. The van der Waals surface area contributed by atoms with Gasteiger partial charge in [0.2, 0.25) is 0 Å². The van der Waals surface area contributed by atoms with Crippen molar-refractivity contribution in [3.05, 3.63) is 63.6 Å². The van der Waals surface area contributed by atoms with Gasteiger partial charge in [-0.25, -0.2) is 0 Å². The van der Waals surface area contributed by atoms with Gasteiger partial charge in [-0.15, -0.1) is 11.8 Å². The Hall–Kier alpha value is -0.670. The van der Waals surface area contributed by atoms with Gasteiger partial charge >= 0.3 is 0 Å². The van der Waals surface area contributed by atoms with Crippen molar-refractivity contribution in [2.75, 3.05) is 5.75 Å². The van der Waals surface area contributed by atoms with Crippen molar-refractivity contribution in [1.29, 1.82) is 0 Å². The molecule has 106 valence electrons. The second-order valence-electron chi connectivity index (χ2n) is 4.73. The van der Waals surface area contributed by atoms with Gasteiger partial charge in [0.1, 0.15) is 0 Å². The Labute approximate surface area is 133 Å². The summed E-state index contributed by atoms with van der Waals surface area (Å²) in [7, 11) is 0. The first-order valence-electron chi connectivity index (χ1n) is 6.36. The number of thioether (sulfide) groups is 1. The summed E-state index contributed by atoms with van der Waals surface area (Å²) in [6, 6.07) is 13.8. The molecule has 1 nitrogen and oxygen atoms in total. The molecule has 0 aliphatic heterocycles.